The summed E-state index contributed by atoms with van der Waals surface area (Å²) in [7, 11) is 0. The van der Waals surface area contributed by atoms with E-state index in [1.54, 1.807) is 0 Å². The second kappa shape index (κ2) is 14.2. The normalized spacial score (nSPS) is 11.9. The van der Waals surface area contributed by atoms with Gasteiger partial charge >= 0.3 is 0 Å². The molecule has 0 amide bonds. The summed E-state index contributed by atoms with van der Waals surface area (Å²) in [4.78, 5) is 0. The maximum atomic E-state index is 9.63. The van der Waals surface area contributed by atoms with Gasteiger partial charge in [0.2, 0.25) is 0 Å². The van der Waals surface area contributed by atoms with Crippen molar-refractivity contribution in [2.75, 3.05) is 0 Å². The van der Waals surface area contributed by atoms with Crippen LogP contribution in [0.1, 0.15) is 44.5 Å². The molecule has 0 bridgehead atoms. The van der Waals surface area contributed by atoms with Crippen molar-refractivity contribution < 1.29 is 0 Å². The Balaban J connectivity index is 1.41. The molecule has 0 saturated heterocycles. The Kier molecular flexibility index (Phi) is 8.58. The van der Waals surface area contributed by atoms with E-state index in [1.807, 2.05) is 97.1 Å². The van der Waals surface area contributed by atoms with Crippen molar-refractivity contribution >= 4 is 0 Å². The second-order valence-corrected chi connectivity index (χ2v) is 14.2. The van der Waals surface area contributed by atoms with Crippen molar-refractivity contribution in [1.29, 1.82) is 21.0 Å². The summed E-state index contributed by atoms with van der Waals surface area (Å²) >= 11 is 0. The summed E-state index contributed by atoms with van der Waals surface area (Å²) in [6, 6.07) is 70.6. The van der Waals surface area contributed by atoms with Gasteiger partial charge in [-0.1, -0.05) is 97.1 Å². The highest BCUT2D eigenvalue weighted by molar-refractivity contribution is 5.89. The van der Waals surface area contributed by atoms with Crippen molar-refractivity contribution in [3.05, 3.63) is 226 Å². The Morgan fingerprint density at radius 2 is 0.544 bits per heavy atom. The van der Waals surface area contributed by atoms with Gasteiger partial charge in [-0.3, -0.25) is 0 Å². The van der Waals surface area contributed by atoms with E-state index in [0.29, 0.717) is 22.3 Å². The molecule has 0 unspecified atom stereocenters. The first kappa shape index (κ1) is 34.5. The molecule has 1 aliphatic rings. The Bertz CT molecular complexity index is 2660. The first-order valence-corrected chi connectivity index (χ1v) is 18.5. The predicted molar refractivity (Wildman–Crippen MR) is 224 cm³/mol. The Hall–Kier alpha value is -8.28. The minimum Gasteiger partial charge on any atom is -0.192 e. The van der Waals surface area contributed by atoms with E-state index in [4.69, 9.17) is 0 Å². The molecule has 0 atom stereocenters. The van der Waals surface area contributed by atoms with Crippen LogP contribution in [0, 0.1) is 45.3 Å². The monoisotopic (exact) mass is 722 g/mol. The van der Waals surface area contributed by atoms with Crippen LogP contribution < -0.4 is 0 Å². The summed E-state index contributed by atoms with van der Waals surface area (Å²) in [5.41, 5.74) is 16.2. The quantitative estimate of drug-likeness (QED) is 0.171. The molecular weight excluding hydrogens is 693 g/mol. The first-order valence-electron chi connectivity index (χ1n) is 18.5. The molecule has 8 aromatic rings. The van der Waals surface area contributed by atoms with Gasteiger partial charge < -0.3 is 0 Å². The van der Waals surface area contributed by atoms with E-state index in [2.05, 4.69) is 109 Å². The molecule has 0 saturated carbocycles. The minimum absolute atomic E-state index is 0.590. The lowest BCUT2D eigenvalue weighted by atomic mass is 9.66. The van der Waals surface area contributed by atoms with E-state index < -0.39 is 5.41 Å². The van der Waals surface area contributed by atoms with Gasteiger partial charge in [0.25, 0.3) is 0 Å². The van der Waals surface area contributed by atoms with Crippen LogP contribution in [-0.4, -0.2) is 0 Å². The highest BCUT2D eigenvalue weighted by Gasteiger charge is 2.46. The molecule has 262 valence electrons. The molecule has 1 aliphatic carbocycles. The molecule has 0 fully saturated rings. The van der Waals surface area contributed by atoms with Gasteiger partial charge in [0.1, 0.15) is 0 Å². The molecule has 4 nitrogen and oxygen atoms in total. The molecular formula is C53H30N4. The van der Waals surface area contributed by atoms with Crippen LogP contribution >= 0.6 is 0 Å². The van der Waals surface area contributed by atoms with Crippen molar-refractivity contribution in [2.45, 2.75) is 5.41 Å². The Morgan fingerprint density at radius 3 is 0.807 bits per heavy atom. The highest BCUT2D eigenvalue weighted by Crippen LogP contribution is 2.57. The van der Waals surface area contributed by atoms with Gasteiger partial charge in [0.15, 0.2) is 0 Å². The van der Waals surface area contributed by atoms with Crippen LogP contribution in [0.15, 0.2) is 182 Å². The average Bonchev–Trinajstić information content (AvgIpc) is 3.60. The van der Waals surface area contributed by atoms with Gasteiger partial charge in [-0.05, 0) is 163 Å². The van der Waals surface area contributed by atoms with Gasteiger partial charge in [-0.2, -0.15) is 21.0 Å². The van der Waals surface area contributed by atoms with Crippen LogP contribution in [0.4, 0.5) is 0 Å². The van der Waals surface area contributed by atoms with E-state index in [1.165, 1.54) is 0 Å². The van der Waals surface area contributed by atoms with Crippen LogP contribution in [0.25, 0.3) is 55.6 Å². The number of nitriles is 4. The number of fused-ring (bicyclic) bond motifs is 3. The van der Waals surface area contributed by atoms with Crippen LogP contribution in [0.3, 0.4) is 0 Å². The van der Waals surface area contributed by atoms with Crippen molar-refractivity contribution in [3.63, 3.8) is 0 Å². The van der Waals surface area contributed by atoms with Gasteiger partial charge in [0.05, 0.1) is 51.9 Å². The number of hydrogen-bond donors (Lipinski definition) is 0. The third-order valence-corrected chi connectivity index (χ3v) is 11.1. The third kappa shape index (κ3) is 5.93. The summed E-state index contributed by atoms with van der Waals surface area (Å²) < 4.78 is 0. The topological polar surface area (TPSA) is 95.2 Å². The van der Waals surface area contributed by atoms with Crippen molar-refractivity contribution in [1.82, 2.24) is 0 Å². The van der Waals surface area contributed by atoms with Crippen LogP contribution in [0.5, 0.6) is 0 Å². The summed E-state index contributed by atoms with van der Waals surface area (Å²) in [5, 5.41) is 38.5. The number of rotatable bonds is 6. The van der Waals surface area contributed by atoms with Gasteiger partial charge in [0, 0.05) is 0 Å². The molecule has 0 aliphatic heterocycles. The summed E-state index contributed by atoms with van der Waals surface area (Å²) in [6.07, 6.45) is 0. The number of hydrogen-bond acceptors (Lipinski definition) is 4. The summed E-state index contributed by atoms with van der Waals surface area (Å²) in [6.45, 7) is 0. The number of benzene rings is 8. The molecule has 0 heterocycles. The maximum Gasteiger partial charge on any atom is 0.0991 e. The lowest BCUT2D eigenvalue weighted by Crippen LogP contribution is -2.29. The molecule has 57 heavy (non-hydrogen) atoms. The maximum absolute atomic E-state index is 9.63. The lowest BCUT2D eigenvalue weighted by molar-refractivity contribution is 0.770. The predicted octanol–water partition coefficient (Wildman–Crippen LogP) is 12.2. The van der Waals surface area contributed by atoms with E-state index >= 15 is 0 Å². The molecule has 0 radical (unpaired) electrons. The second-order valence-electron chi connectivity index (χ2n) is 14.2. The molecule has 9 rings (SSSR count). The summed E-state index contributed by atoms with van der Waals surface area (Å²) in [5.74, 6) is 0. The van der Waals surface area contributed by atoms with Gasteiger partial charge in [-0.25, -0.2) is 0 Å². The molecule has 8 aromatic carbocycles. The molecule has 0 aromatic heterocycles. The zero-order valence-electron chi connectivity index (χ0n) is 30.6. The standard InChI is InChI=1S/C53H30N4/c54-31-35-9-17-39(18-10-35)43-25-44(40-19-11-36(32-55)12-20-40)28-47(27-43)53(51-7-3-1-5-49(51)50-6-2-4-8-52(50)53)48-29-45(41-21-13-37(33-56)14-22-41)26-46(30-48)42-23-15-38(34-57)16-24-42/h1-30H. The van der Waals surface area contributed by atoms with Crippen molar-refractivity contribution in [3.8, 4) is 79.9 Å². The first-order chi connectivity index (χ1) is 28.0. The van der Waals surface area contributed by atoms with Crippen molar-refractivity contribution in [2.24, 2.45) is 0 Å². The third-order valence-electron chi connectivity index (χ3n) is 11.1. The fourth-order valence-corrected chi connectivity index (χ4v) is 8.33. The molecule has 0 spiro atoms. The SMILES string of the molecule is N#Cc1ccc(-c2cc(-c3ccc(C#N)cc3)cc(C3(c4cc(-c5ccc(C#N)cc5)cc(-c5ccc(C#N)cc5)c4)c4ccccc4-c4ccccc43)c2)cc1. The largest absolute Gasteiger partial charge is 0.192 e. The fraction of sp³-hybridized carbons (Fsp3) is 0.0189. The Labute approximate surface area is 331 Å². The zero-order chi connectivity index (χ0) is 38.9. The van der Waals surface area contributed by atoms with Crippen LogP contribution in [-0.2, 0) is 5.41 Å². The smallest absolute Gasteiger partial charge is 0.0991 e. The minimum atomic E-state index is -0.804. The van der Waals surface area contributed by atoms with Gasteiger partial charge in [-0.15, -0.1) is 0 Å². The molecule has 4 heteroatoms. The zero-order valence-corrected chi connectivity index (χ0v) is 30.6. The fourth-order valence-electron chi connectivity index (χ4n) is 8.33. The highest BCUT2D eigenvalue weighted by atomic mass is 14.5. The van der Waals surface area contributed by atoms with Crippen LogP contribution in [0.2, 0.25) is 0 Å². The Morgan fingerprint density at radius 1 is 0.281 bits per heavy atom. The molecule has 0 N–H and O–H groups in total. The van der Waals surface area contributed by atoms with E-state index in [9.17, 15) is 21.0 Å². The average molecular weight is 723 g/mol. The van der Waals surface area contributed by atoms with E-state index in [-0.39, 0.29) is 0 Å². The van der Waals surface area contributed by atoms with E-state index in [0.717, 1.165) is 77.9 Å². The lowest BCUT2D eigenvalue weighted by Gasteiger charge is -2.35. The number of nitrogens with zero attached hydrogens (tertiary/aromatic N) is 4.